The Labute approximate surface area is 120 Å². The molecule has 1 atom stereocenters. The maximum atomic E-state index is 13.0. The number of thiocarbonyl (C=S) groups is 1. The topological polar surface area (TPSA) is 54.8 Å². The third-order valence-electron chi connectivity index (χ3n) is 3.19. The fourth-order valence-corrected chi connectivity index (χ4v) is 2.40. The Morgan fingerprint density at radius 2 is 2.10 bits per heavy atom. The molecule has 0 radical (unpaired) electrons. The Morgan fingerprint density at radius 1 is 1.35 bits per heavy atom. The van der Waals surface area contributed by atoms with Crippen molar-refractivity contribution in [2.75, 3.05) is 0 Å². The predicted molar refractivity (Wildman–Crippen MR) is 77.6 cm³/mol. The van der Waals surface area contributed by atoms with Crippen LogP contribution in [0.1, 0.15) is 23.8 Å². The first-order valence-corrected chi connectivity index (χ1v) is 6.51. The highest BCUT2D eigenvalue weighted by molar-refractivity contribution is 7.80. The first-order valence-electron chi connectivity index (χ1n) is 6.10. The van der Waals surface area contributed by atoms with Gasteiger partial charge < -0.3 is 10.2 Å². The molecule has 0 saturated carbocycles. The summed E-state index contributed by atoms with van der Waals surface area (Å²) in [7, 11) is 0. The average molecular weight is 289 g/mol. The van der Waals surface area contributed by atoms with E-state index in [1.807, 2.05) is 12.1 Å². The second-order valence-corrected chi connectivity index (χ2v) is 4.89. The van der Waals surface area contributed by atoms with E-state index in [2.05, 4.69) is 5.10 Å². The smallest absolute Gasteiger partial charge is 0.187 e. The molecule has 4 nitrogen and oxygen atoms in total. The lowest BCUT2D eigenvalue weighted by Gasteiger charge is -2.19. The van der Waals surface area contributed by atoms with E-state index in [0.29, 0.717) is 6.42 Å². The fourth-order valence-electron chi connectivity index (χ4n) is 2.23. The lowest BCUT2D eigenvalue weighted by molar-refractivity contribution is 0.316. The molecule has 2 aromatic rings. The van der Waals surface area contributed by atoms with Gasteiger partial charge in [0, 0.05) is 6.42 Å². The van der Waals surface area contributed by atoms with E-state index in [0.717, 1.165) is 17.0 Å². The van der Waals surface area contributed by atoms with E-state index in [-0.39, 0.29) is 17.0 Å². The molecule has 0 saturated heterocycles. The highest BCUT2D eigenvalue weighted by Crippen LogP contribution is 2.32. The van der Waals surface area contributed by atoms with Crippen LogP contribution in [0, 0.1) is 5.82 Å². The summed E-state index contributed by atoms with van der Waals surface area (Å²) in [6.45, 7) is 0. The Morgan fingerprint density at radius 3 is 2.70 bits per heavy atom. The summed E-state index contributed by atoms with van der Waals surface area (Å²) in [5.74, 6) is 0.472. The number of halogens is 1. The van der Waals surface area contributed by atoms with E-state index in [4.69, 9.17) is 22.4 Å². The quantitative estimate of drug-likeness (QED) is 0.864. The van der Waals surface area contributed by atoms with Crippen molar-refractivity contribution in [2.45, 2.75) is 12.5 Å². The summed E-state index contributed by atoms with van der Waals surface area (Å²) in [6.07, 6.45) is 2.21. The van der Waals surface area contributed by atoms with E-state index in [1.165, 1.54) is 12.1 Å². The van der Waals surface area contributed by atoms with Crippen LogP contribution in [0.15, 0.2) is 52.2 Å². The van der Waals surface area contributed by atoms with Crippen molar-refractivity contribution in [1.29, 1.82) is 0 Å². The average Bonchev–Trinajstić information content (AvgIpc) is 3.08. The normalized spacial score (nSPS) is 18.1. The van der Waals surface area contributed by atoms with E-state index >= 15 is 0 Å². The van der Waals surface area contributed by atoms with Crippen LogP contribution >= 0.6 is 12.2 Å². The number of rotatable bonds is 2. The molecule has 6 heteroatoms. The monoisotopic (exact) mass is 289 g/mol. The van der Waals surface area contributed by atoms with Gasteiger partial charge in [-0.1, -0.05) is 12.1 Å². The summed E-state index contributed by atoms with van der Waals surface area (Å²) in [5, 5.41) is 6.17. The molecule has 1 aromatic heterocycles. The minimum absolute atomic E-state index is 0.150. The van der Waals surface area contributed by atoms with Gasteiger partial charge >= 0.3 is 0 Å². The van der Waals surface area contributed by atoms with Crippen LogP contribution in [-0.2, 0) is 0 Å². The fraction of sp³-hybridized carbons (Fsp3) is 0.143. The second-order valence-electron chi connectivity index (χ2n) is 4.47. The minimum Gasteiger partial charge on any atom is -0.467 e. The molecule has 0 bridgehead atoms. The van der Waals surface area contributed by atoms with Crippen LogP contribution in [0.25, 0.3) is 0 Å². The summed E-state index contributed by atoms with van der Waals surface area (Å²) >= 11 is 5.02. The molecule has 0 spiro atoms. The highest BCUT2D eigenvalue weighted by Gasteiger charge is 2.32. The third-order valence-corrected chi connectivity index (χ3v) is 3.37. The standard InChI is InChI=1S/C14H12FN3OS/c15-10-5-3-9(4-6-10)11-8-12(13-2-1-7-19-13)18(17-11)14(16)20/h1-7,12H,8H2,(H2,16,20)/t12-/m0/s1. The molecule has 0 amide bonds. The first-order chi connectivity index (χ1) is 9.65. The van der Waals surface area contributed by atoms with Gasteiger partial charge in [0.05, 0.1) is 12.0 Å². The molecule has 1 aromatic carbocycles. The molecule has 3 rings (SSSR count). The lowest BCUT2D eigenvalue weighted by atomic mass is 10.0. The zero-order chi connectivity index (χ0) is 14.1. The molecule has 0 fully saturated rings. The summed E-state index contributed by atoms with van der Waals surface area (Å²) in [6, 6.07) is 9.71. The van der Waals surface area contributed by atoms with Crippen molar-refractivity contribution in [1.82, 2.24) is 5.01 Å². The van der Waals surface area contributed by atoms with Crippen molar-refractivity contribution in [2.24, 2.45) is 10.8 Å². The Bertz CT molecular complexity index is 652. The van der Waals surface area contributed by atoms with Crippen LogP contribution in [0.5, 0.6) is 0 Å². The molecule has 20 heavy (non-hydrogen) atoms. The summed E-state index contributed by atoms with van der Waals surface area (Å²) in [5.41, 5.74) is 7.36. The van der Waals surface area contributed by atoms with Crippen LogP contribution in [0.3, 0.4) is 0 Å². The van der Waals surface area contributed by atoms with Gasteiger partial charge in [-0.3, -0.25) is 0 Å². The number of nitrogens with zero attached hydrogens (tertiary/aromatic N) is 2. The van der Waals surface area contributed by atoms with E-state index in [1.54, 1.807) is 23.4 Å². The minimum atomic E-state index is -0.277. The molecular formula is C14H12FN3OS. The maximum Gasteiger partial charge on any atom is 0.187 e. The number of benzene rings is 1. The van der Waals surface area contributed by atoms with Gasteiger partial charge in [0.2, 0.25) is 0 Å². The zero-order valence-corrected chi connectivity index (χ0v) is 11.3. The molecule has 1 aliphatic heterocycles. The van der Waals surface area contributed by atoms with Gasteiger partial charge in [-0.15, -0.1) is 0 Å². The molecular weight excluding hydrogens is 277 g/mol. The second kappa shape index (κ2) is 5.05. The number of hydrogen-bond donors (Lipinski definition) is 1. The summed E-state index contributed by atoms with van der Waals surface area (Å²) < 4.78 is 18.4. The molecule has 102 valence electrons. The number of hydrogen-bond acceptors (Lipinski definition) is 3. The van der Waals surface area contributed by atoms with Crippen LogP contribution in [-0.4, -0.2) is 15.8 Å². The van der Waals surface area contributed by atoms with Gasteiger partial charge in [0.25, 0.3) is 0 Å². The Balaban J connectivity index is 1.92. The number of nitrogens with two attached hydrogens (primary N) is 1. The largest absolute Gasteiger partial charge is 0.467 e. The molecule has 0 aliphatic carbocycles. The number of furan rings is 1. The molecule has 2 heterocycles. The van der Waals surface area contributed by atoms with Gasteiger partial charge in [-0.2, -0.15) is 5.10 Å². The van der Waals surface area contributed by atoms with E-state index < -0.39 is 0 Å². The van der Waals surface area contributed by atoms with Crippen molar-refractivity contribution in [3.8, 4) is 0 Å². The van der Waals surface area contributed by atoms with Crippen LogP contribution in [0.4, 0.5) is 4.39 Å². The Hall–Kier alpha value is -2.21. The molecule has 1 aliphatic rings. The van der Waals surface area contributed by atoms with Crippen molar-refractivity contribution < 1.29 is 8.81 Å². The van der Waals surface area contributed by atoms with Gasteiger partial charge in [0.15, 0.2) is 5.11 Å². The van der Waals surface area contributed by atoms with Crippen LogP contribution in [0.2, 0.25) is 0 Å². The van der Waals surface area contributed by atoms with Crippen LogP contribution < -0.4 is 5.73 Å². The molecule has 0 unspecified atom stereocenters. The molecule has 2 N–H and O–H groups in total. The first kappa shape index (κ1) is 12.8. The highest BCUT2D eigenvalue weighted by atomic mass is 32.1. The van der Waals surface area contributed by atoms with Crippen molar-refractivity contribution in [3.05, 3.63) is 59.8 Å². The van der Waals surface area contributed by atoms with Crippen molar-refractivity contribution in [3.63, 3.8) is 0 Å². The SMILES string of the molecule is NC(=S)N1N=C(c2ccc(F)cc2)C[C@H]1c1ccco1. The lowest BCUT2D eigenvalue weighted by Crippen LogP contribution is -2.31. The van der Waals surface area contributed by atoms with Gasteiger partial charge in [-0.25, -0.2) is 9.40 Å². The van der Waals surface area contributed by atoms with E-state index in [9.17, 15) is 4.39 Å². The third kappa shape index (κ3) is 2.30. The van der Waals surface area contributed by atoms with Crippen molar-refractivity contribution >= 4 is 23.0 Å². The Kier molecular flexibility index (Phi) is 3.23. The summed E-state index contributed by atoms with van der Waals surface area (Å²) in [4.78, 5) is 0. The predicted octanol–water partition coefficient (Wildman–Crippen LogP) is 2.81. The number of hydrazone groups is 1. The van der Waals surface area contributed by atoms with Gasteiger partial charge in [-0.05, 0) is 42.0 Å². The zero-order valence-electron chi connectivity index (χ0n) is 10.5. The maximum absolute atomic E-state index is 13.0. The van der Waals surface area contributed by atoms with Gasteiger partial charge in [0.1, 0.15) is 17.6 Å².